The molecule has 3 rings (SSSR count). The maximum atomic E-state index is 12.2. The maximum Gasteiger partial charge on any atom is 0.323 e. The largest absolute Gasteiger partial charge is 0.497 e. The highest BCUT2D eigenvalue weighted by molar-refractivity contribution is 6.00. The summed E-state index contributed by atoms with van der Waals surface area (Å²) in [5.74, 6) is 0.272. The van der Waals surface area contributed by atoms with Gasteiger partial charge in [-0.1, -0.05) is 0 Å². The van der Waals surface area contributed by atoms with Crippen LogP contribution in [0, 0.1) is 0 Å². The van der Waals surface area contributed by atoms with Crippen LogP contribution in [-0.4, -0.2) is 38.0 Å². The molecule has 9 nitrogen and oxygen atoms in total. The topological polar surface area (TPSA) is 122 Å². The molecular formula is C22H22N4O5. The number of amides is 4. The molecule has 4 N–H and O–H groups in total. The fourth-order valence-electron chi connectivity index (χ4n) is 2.62. The molecular weight excluding hydrogens is 400 g/mol. The van der Waals surface area contributed by atoms with E-state index in [4.69, 9.17) is 9.15 Å². The van der Waals surface area contributed by atoms with Crippen molar-refractivity contribution in [1.29, 1.82) is 0 Å². The number of rotatable bonds is 8. The van der Waals surface area contributed by atoms with E-state index in [1.54, 1.807) is 67.8 Å². The van der Waals surface area contributed by atoms with Crippen molar-refractivity contribution in [2.45, 2.75) is 0 Å². The Morgan fingerprint density at radius 2 is 1.39 bits per heavy atom. The van der Waals surface area contributed by atoms with Crippen LogP contribution in [0.2, 0.25) is 0 Å². The minimum absolute atomic E-state index is 0.213. The molecule has 0 unspecified atom stereocenters. The molecule has 0 spiro atoms. The van der Waals surface area contributed by atoms with Gasteiger partial charge in [0.2, 0.25) is 0 Å². The molecule has 0 fully saturated rings. The summed E-state index contributed by atoms with van der Waals surface area (Å²) in [4.78, 5) is 36.0. The van der Waals surface area contributed by atoms with Gasteiger partial charge in [0.05, 0.1) is 13.4 Å². The van der Waals surface area contributed by atoms with Gasteiger partial charge >= 0.3 is 6.03 Å². The Labute approximate surface area is 178 Å². The van der Waals surface area contributed by atoms with Gasteiger partial charge in [-0.25, -0.2) is 4.79 Å². The van der Waals surface area contributed by atoms with Crippen LogP contribution in [0.1, 0.15) is 20.9 Å². The van der Waals surface area contributed by atoms with Crippen LogP contribution in [0.25, 0.3) is 0 Å². The van der Waals surface area contributed by atoms with Crippen molar-refractivity contribution < 1.29 is 23.5 Å². The first-order chi connectivity index (χ1) is 15.0. The highest BCUT2D eigenvalue weighted by atomic mass is 16.5. The molecule has 0 aliphatic rings. The van der Waals surface area contributed by atoms with E-state index in [2.05, 4.69) is 21.3 Å². The van der Waals surface area contributed by atoms with Gasteiger partial charge in [0, 0.05) is 30.0 Å². The van der Waals surface area contributed by atoms with Gasteiger partial charge in [-0.05, 0) is 60.7 Å². The van der Waals surface area contributed by atoms with Crippen molar-refractivity contribution in [3.05, 3.63) is 78.3 Å². The van der Waals surface area contributed by atoms with E-state index >= 15 is 0 Å². The molecule has 1 heterocycles. The lowest BCUT2D eigenvalue weighted by Gasteiger charge is -2.09. The van der Waals surface area contributed by atoms with Crippen LogP contribution in [0.3, 0.4) is 0 Å². The Balaban J connectivity index is 1.41. The summed E-state index contributed by atoms with van der Waals surface area (Å²) in [7, 11) is 1.57. The number of benzene rings is 2. The highest BCUT2D eigenvalue weighted by Gasteiger charge is 2.09. The number of carbonyl (C=O) groups excluding carboxylic acids is 3. The van der Waals surface area contributed by atoms with Crippen LogP contribution in [0.15, 0.2) is 71.3 Å². The van der Waals surface area contributed by atoms with E-state index in [9.17, 15) is 14.4 Å². The van der Waals surface area contributed by atoms with Crippen molar-refractivity contribution in [2.24, 2.45) is 0 Å². The van der Waals surface area contributed by atoms with E-state index in [0.717, 1.165) is 0 Å². The fraction of sp³-hybridized carbons (Fsp3) is 0.136. The average Bonchev–Trinajstić information content (AvgIpc) is 3.32. The summed E-state index contributed by atoms with van der Waals surface area (Å²) in [6.07, 6.45) is 1.41. The maximum absolute atomic E-state index is 12.2. The minimum Gasteiger partial charge on any atom is -0.497 e. The third kappa shape index (κ3) is 6.36. The van der Waals surface area contributed by atoms with Crippen molar-refractivity contribution in [3.8, 4) is 5.75 Å². The molecule has 9 heteroatoms. The fourth-order valence-corrected chi connectivity index (χ4v) is 2.62. The number of hydrogen-bond acceptors (Lipinski definition) is 5. The van der Waals surface area contributed by atoms with Gasteiger partial charge in [0.15, 0.2) is 5.76 Å². The molecule has 0 atom stereocenters. The number of ether oxygens (including phenoxy) is 1. The lowest BCUT2D eigenvalue weighted by atomic mass is 10.2. The van der Waals surface area contributed by atoms with Crippen molar-refractivity contribution in [2.75, 3.05) is 30.8 Å². The van der Waals surface area contributed by atoms with Gasteiger partial charge < -0.3 is 30.4 Å². The third-order valence-corrected chi connectivity index (χ3v) is 4.19. The molecule has 31 heavy (non-hydrogen) atoms. The molecule has 160 valence electrons. The molecule has 0 saturated heterocycles. The quantitative estimate of drug-likeness (QED) is 0.416. The minimum atomic E-state index is -0.408. The Hall–Kier alpha value is -4.27. The van der Waals surface area contributed by atoms with Crippen molar-refractivity contribution >= 4 is 29.2 Å². The normalized spacial score (nSPS) is 10.1. The van der Waals surface area contributed by atoms with Gasteiger partial charge in [-0.3, -0.25) is 9.59 Å². The number of urea groups is 1. The second-order valence-corrected chi connectivity index (χ2v) is 6.37. The second-order valence-electron chi connectivity index (χ2n) is 6.37. The van der Waals surface area contributed by atoms with Crippen molar-refractivity contribution in [3.63, 3.8) is 0 Å². The number of methoxy groups -OCH3 is 1. The molecule has 1 aromatic heterocycles. The third-order valence-electron chi connectivity index (χ3n) is 4.19. The smallest absolute Gasteiger partial charge is 0.323 e. The van der Waals surface area contributed by atoms with Gasteiger partial charge in [0.25, 0.3) is 11.8 Å². The number of hydrogen-bond donors (Lipinski definition) is 4. The standard InChI is InChI=1S/C22H22N4O5/c1-30-18-10-8-17(9-11-18)26-22(29)25-16-6-4-15(5-7-16)20(27)23-12-13-24-21(28)19-3-2-14-31-19/h2-11,14H,12-13H2,1H3,(H,23,27)(H,24,28)(H2,25,26,29). The molecule has 0 radical (unpaired) electrons. The summed E-state index contributed by atoms with van der Waals surface area (Å²) in [5.41, 5.74) is 1.58. The Kier molecular flexibility index (Phi) is 7.26. The summed E-state index contributed by atoms with van der Waals surface area (Å²) < 4.78 is 10.1. The zero-order valence-corrected chi connectivity index (χ0v) is 16.8. The predicted molar refractivity (Wildman–Crippen MR) is 115 cm³/mol. The molecule has 0 bridgehead atoms. The summed E-state index contributed by atoms with van der Waals surface area (Å²) >= 11 is 0. The van der Waals surface area contributed by atoms with E-state index in [1.165, 1.54) is 6.26 Å². The lowest BCUT2D eigenvalue weighted by Crippen LogP contribution is -2.34. The van der Waals surface area contributed by atoms with Crippen LogP contribution < -0.4 is 26.0 Å². The number of carbonyl (C=O) groups is 3. The monoisotopic (exact) mass is 422 g/mol. The first-order valence-electron chi connectivity index (χ1n) is 9.47. The van der Waals surface area contributed by atoms with Gasteiger partial charge in [0.1, 0.15) is 5.75 Å². The van der Waals surface area contributed by atoms with E-state index in [0.29, 0.717) is 22.7 Å². The van der Waals surface area contributed by atoms with Gasteiger partial charge in [-0.15, -0.1) is 0 Å². The lowest BCUT2D eigenvalue weighted by molar-refractivity contribution is 0.0910. The summed E-state index contributed by atoms with van der Waals surface area (Å²) in [6, 6.07) is 16.2. The summed E-state index contributed by atoms with van der Waals surface area (Å²) in [5, 5.41) is 10.7. The molecule has 4 amide bonds. The Morgan fingerprint density at radius 3 is 1.94 bits per heavy atom. The molecule has 2 aromatic carbocycles. The first kappa shape index (κ1) is 21.4. The van der Waals surface area contributed by atoms with E-state index < -0.39 is 6.03 Å². The number of furan rings is 1. The molecule has 0 aliphatic carbocycles. The number of anilines is 2. The average molecular weight is 422 g/mol. The van der Waals surface area contributed by atoms with Crippen LogP contribution in [0.4, 0.5) is 16.2 Å². The highest BCUT2D eigenvalue weighted by Crippen LogP contribution is 2.16. The predicted octanol–water partition coefficient (Wildman–Crippen LogP) is 3.09. The van der Waals surface area contributed by atoms with Crippen LogP contribution in [0.5, 0.6) is 5.75 Å². The second kappa shape index (κ2) is 10.5. The van der Waals surface area contributed by atoms with Crippen LogP contribution in [-0.2, 0) is 0 Å². The Bertz CT molecular complexity index is 1020. The first-order valence-corrected chi connectivity index (χ1v) is 9.47. The SMILES string of the molecule is COc1ccc(NC(=O)Nc2ccc(C(=O)NCCNC(=O)c3ccco3)cc2)cc1. The number of nitrogens with one attached hydrogen (secondary N) is 4. The van der Waals surface area contributed by atoms with E-state index in [-0.39, 0.29) is 30.7 Å². The molecule has 3 aromatic rings. The summed E-state index contributed by atoms with van der Waals surface area (Å²) in [6.45, 7) is 0.520. The van der Waals surface area contributed by atoms with E-state index in [1.807, 2.05) is 0 Å². The Morgan fingerprint density at radius 1 is 0.806 bits per heavy atom. The zero-order chi connectivity index (χ0) is 22.1. The molecule has 0 aliphatic heterocycles. The van der Waals surface area contributed by atoms with Crippen molar-refractivity contribution in [1.82, 2.24) is 10.6 Å². The van der Waals surface area contributed by atoms with Gasteiger partial charge in [-0.2, -0.15) is 0 Å². The molecule has 0 saturated carbocycles. The zero-order valence-electron chi connectivity index (χ0n) is 16.8. The van der Waals surface area contributed by atoms with Crippen LogP contribution >= 0.6 is 0 Å².